The van der Waals surface area contributed by atoms with Crippen molar-refractivity contribution in [3.05, 3.63) is 0 Å². The molecule has 0 aliphatic carbocycles. The molecule has 1 aliphatic heterocycles. The summed E-state index contributed by atoms with van der Waals surface area (Å²) in [5.74, 6) is 0.806. The first kappa shape index (κ1) is 9.72. The summed E-state index contributed by atoms with van der Waals surface area (Å²) in [6.45, 7) is 2.45. The molecule has 0 radical (unpaired) electrons. The Bertz CT molecular complexity index is 136. The van der Waals surface area contributed by atoms with Gasteiger partial charge in [0.1, 0.15) is 6.29 Å². The highest BCUT2D eigenvalue weighted by Gasteiger charge is 2.13. The number of hydrogen-bond donors (Lipinski definition) is 0. The lowest BCUT2D eigenvalue weighted by atomic mass is 9.96. The molecule has 1 unspecified atom stereocenters. The summed E-state index contributed by atoms with van der Waals surface area (Å²) in [6, 6.07) is 0. The highest BCUT2D eigenvalue weighted by atomic mass is 16.1. The first-order valence-corrected chi connectivity index (χ1v) is 4.95. The first-order valence-electron chi connectivity index (χ1n) is 4.95. The van der Waals surface area contributed by atoms with Crippen LogP contribution in [0.5, 0.6) is 0 Å². The van der Waals surface area contributed by atoms with E-state index in [0.717, 1.165) is 25.0 Å². The predicted octanol–water partition coefficient (Wildman–Crippen LogP) is 1.70. The van der Waals surface area contributed by atoms with E-state index in [1.165, 1.54) is 32.4 Å². The van der Waals surface area contributed by atoms with E-state index in [4.69, 9.17) is 0 Å². The van der Waals surface area contributed by atoms with E-state index in [1.54, 1.807) is 0 Å². The molecule has 0 aromatic heterocycles. The molecule has 0 N–H and O–H groups in total. The Kier molecular flexibility index (Phi) is 4.30. The highest BCUT2D eigenvalue weighted by molar-refractivity contribution is 5.49. The average molecular weight is 169 g/mol. The molecule has 0 saturated carbocycles. The topological polar surface area (TPSA) is 20.3 Å². The number of aldehydes is 1. The third-order valence-corrected chi connectivity index (χ3v) is 2.76. The maximum absolute atomic E-state index is 10.2. The SMILES string of the molecule is CN1CCCC(CCC=O)CC1. The molecule has 2 heteroatoms. The average Bonchev–Trinajstić information content (AvgIpc) is 2.27. The molecule has 0 aromatic carbocycles. The maximum Gasteiger partial charge on any atom is 0.120 e. The molecule has 0 spiro atoms. The smallest absolute Gasteiger partial charge is 0.120 e. The van der Waals surface area contributed by atoms with E-state index in [1.807, 2.05) is 0 Å². The zero-order chi connectivity index (χ0) is 8.81. The summed E-state index contributed by atoms with van der Waals surface area (Å²) in [5.41, 5.74) is 0. The van der Waals surface area contributed by atoms with Gasteiger partial charge in [-0.25, -0.2) is 0 Å². The molecule has 0 aromatic rings. The number of hydrogen-bond acceptors (Lipinski definition) is 2. The first-order chi connectivity index (χ1) is 5.83. The fraction of sp³-hybridized carbons (Fsp3) is 0.900. The number of likely N-dealkylation sites (tertiary alicyclic amines) is 1. The summed E-state index contributed by atoms with van der Waals surface area (Å²) in [7, 11) is 2.18. The Balaban J connectivity index is 2.21. The third-order valence-electron chi connectivity index (χ3n) is 2.76. The normalized spacial score (nSPS) is 26.6. The van der Waals surface area contributed by atoms with E-state index in [9.17, 15) is 4.79 Å². The number of nitrogens with zero attached hydrogens (tertiary/aromatic N) is 1. The molecular formula is C10H19NO. The summed E-state index contributed by atoms with van der Waals surface area (Å²) in [4.78, 5) is 12.6. The van der Waals surface area contributed by atoms with Crippen LogP contribution in [0.15, 0.2) is 0 Å². The van der Waals surface area contributed by atoms with Crippen LogP contribution in [-0.4, -0.2) is 31.3 Å². The van der Waals surface area contributed by atoms with Crippen LogP contribution in [0, 0.1) is 5.92 Å². The second-order valence-corrected chi connectivity index (χ2v) is 3.84. The monoisotopic (exact) mass is 169 g/mol. The summed E-state index contributed by atoms with van der Waals surface area (Å²) < 4.78 is 0. The zero-order valence-corrected chi connectivity index (χ0v) is 7.96. The van der Waals surface area contributed by atoms with Crippen molar-refractivity contribution in [3.63, 3.8) is 0 Å². The van der Waals surface area contributed by atoms with Crippen LogP contribution < -0.4 is 0 Å². The van der Waals surface area contributed by atoms with Crippen molar-refractivity contribution in [3.8, 4) is 0 Å². The van der Waals surface area contributed by atoms with Gasteiger partial charge in [-0.05, 0) is 51.7 Å². The molecule has 1 atom stereocenters. The van der Waals surface area contributed by atoms with Gasteiger partial charge < -0.3 is 9.69 Å². The van der Waals surface area contributed by atoms with Crippen molar-refractivity contribution in [2.75, 3.05) is 20.1 Å². The molecule has 1 heterocycles. The van der Waals surface area contributed by atoms with Crippen LogP contribution in [-0.2, 0) is 4.79 Å². The van der Waals surface area contributed by atoms with Gasteiger partial charge in [-0.2, -0.15) is 0 Å². The summed E-state index contributed by atoms with van der Waals surface area (Å²) in [5, 5.41) is 0. The van der Waals surface area contributed by atoms with E-state index in [-0.39, 0.29) is 0 Å². The third kappa shape index (κ3) is 3.35. The largest absolute Gasteiger partial charge is 0.306 e. The Morgan fingerprint density at radius 1 is 1.42 bits per heavy atom. The van der Waals surface area contributed by atoms with E-state index in [0.29, 0.717) is 0 Å². The molecule has 12 heavy (non-hydrogen) atoms. The van der Waals surface area contributed by atoms with Gasteiger partial charge in [0.25, 0.3) is 0 Å². The van der Waals surface area contributed by atoms with Crippen molar-refractivity contribution in [1.82, 2.24) is 4.90 Å². The predicted molar refractivity (Wildman–Crippen MR) is 50.1 cm³/mol. The Morgan fingerprint density at radius 2 is 2.25 bits per heavy atom. The molecule has 1 aliphatic rings. The van der Waals surface area contributed by atoms with Crippen molar-refractivity contribution < 1.29 is 4.79 Å². The van der Waals surface area contributed by atoms with E-state index >= 15 is 0 Å². The van der Waals surface area contributed by atoms with Crippen LogP contribution in [0.25, 0.3) is 0 Å². The molecule has 1 saturated heterocycles. The zero-order valence-electron chi connectivity index (χ0n) is 7.96. The van der Waals surface area contributed by atoms with Crippen LogP contribution in [0.4, 0.5) is 0 Å². The van der Waals surface area contributed by atoms with Crippen molar-refractivity contribution in [1.29, 1.82) is 0 Å². The Labute approximate surface area is 74.9 Å². The number of carbonyl (C=O) groups excluding carboxylic acids is 1. The van der Waals surface area contributed by atoms with Gasteiger partial charge in [-0.15, -0.1) is 0 Å². The van der Waals surface area contributed by atoms with Crippen molar-refractivity contribution in [2.45, 2.75) is 32.1 Å². The second-order valence-electron chi connectivity index (χ2n) is 3.84. The van der Waals surface area contributed by atoms with E-state index < -0.39 is 0 Å². The van der Waals surface area contributed by atoms with Crippen LogP contribution >= 0.6 is 0 Å². The summed E-state index contributed by atoms with van der Waals surface area (Å²) in [6.07, 6.45) is 6.82. The minimum atomic E-state index is 0.758. The van der Waals surface area contributed by atoms with Crippen LogP contribution in [0.1, 0.15) is 32.1 Å². The summed E-state index contributed by atoms with van der Waals surface area (Å²) >= 11 is 0. The lowest BCUT2D eigenvalue weighted by Crippen LogP contribution is -2.18. The Morgan fingerprint density at radius 3 is 3.00 bits per heavy atom. The van der Waals surface area contributed by atoms with Gasteiger partial charge in [0, 0.05) is 6.42 Å². The van der Waals surface area contributed by atoms with Gasteiger partial charge in [-0.3, -0.25) is 0 Å². The van der Waals surface area contributed by atoms with Gasteiger partial charge in [-0.1, -0.05) is 0 Å². The number of rotatable bonds is 3. The lowest BCUT2D eigenvalue weighted by molar-refractivity contribution is -0.108. The Hall–Kier alpha value is -0.370. The fourth-order valence-corrected chi connectivity index (χ4v) is 1.90. The highest BCUT2D eigenvalue weighted by Crippen LogP contribution is 2.20. The van der Waals surface area contributed by atoms with Crippen LogP contribution in [0.2, 0.25) is 0 Å². The van der Waals surface area contributed by atoms with Gasteiger partial charge in [0.05, 0.1) is 0 Å². The molecule has 1 fully saturated rings. The van der Waals surface area contributed by atoms with Gasteiger partial charge in [0.15, 0.2) is 0 Å². The minimum Gasteiger partial charge on any atom is -0.306 e. The molecule has 70 valence electrons. The van der Waals surface area contributed by atoms with Crippen molar-refractivity contribution >= 4 is 6.29 Å². The molecule has 0 amide bonds. The van der Waals surface area contributed by atoms with Crippen LogP contribution in [0.3, 0.4) is 0 Å². The molecular weight excluding hydrogens is 150 g/mol. The molecule has 1 rings (SSSR count). The standard InChI is InChI=1S/C10H19NO/c1-11-7-2-4-10(6-8-11)5-3-9-12/h9-10H,2-8H2,1H3. The molecule has 2 nitrogen and oxygen atoms in total. The van der Waals surface area contributed by atoms with Crippen molar-refractivity contribution in [2.24, 2.45) is 5.92 Å². The second kappa shape index (κ2) is 5.31. The fourth-order valence-electron chi connectivity index (χ4n) is 1.90. The molecule has 0 bridgehead atoms. The van der Waals surface area contributed by atoms with Gasteiger partial charge >= 0.3 is 0 Å². The van der Waals surface area contributed by atoms with Gasteiger partial charge in [0.2, 0.25) is 0 Å². The maximum atomic E-state index is 10.2. The minimum absolute atomic E-state index is 0.758. The number of carbonyl (C=O) groups is 1. The van der Waals surface area contributed by atoms with E-state index in [2.05, 4.69) is 11.9 Å². The lowest BCUT2D eigenvalue weighted by Gasteiger charge is -2.13. The quantitative estimate of drug-likeness (QED) is 0.599.